The number of hydrogen-bond acceptors (Lipinski definition) is 7. The minimum absolute atomic E-state index is 0.886. The second kappa shape index (κ2) is 35.6. The van der Waals surface area contributed by atoms with Crippen LogP contribution in [0.15, 0.2) is 541 Å². The van der Waals surface area contributed by atoms with Crippen molar-refractivity contribution >= 4 is 192 Å². The first-order valence-electron chi connectivity index (χ1n) is 47.8. The Bertz CT molecular complexity index is 9450. The first kappa shape index (κ1) is 83.1. The van der Waals surface area contributed by atoms with E-state index >= 15 is 0 Å². The van der Waals surface area contributed by atoms with Crippen LogP contribution in [0.25, 0.3) is 197 Å². The van der Waals surface area contributed by atoms with Crippen molar-refractivity contribution in [2.75, 3.05) is 14.7 Å². The van der Waals surface area contributed by atoms with E-state index in [2.05, 4.69) is 533 Å². The second-order valence-corrected chi connectivity index (χ2v) is 36.8. The van der Waals surface area contributed by atoms with Crippen LogP contribution in [-0.4, -0.2) is 9.13 Å². The molecule has 0 aliphatic heterocycles. The van der Waals surface area contributed by atoms with Gasteiger partial charge in [-0.15, -0.1) is 11.3 Å². The summed E-state index contributed by atoms with van der Waals surface area (Å²) in [6, 6.07) is 187. The summed E-state index contributed by atoms with van der Waals surface area (Å²) >= 11 is 1.86. The molecule has 0 N–H and O–H groups in total. The zero-order chi connectivity index (χ0) is 93.2. The van der Waals surface area contributed by atoms with Gasteiger partial charge in [0, 0.05) is 159 Å². The highest BCUT2D eigenvalue weighted by Crippen LogP contribution is 2.51. The van der Waals surface area contributed by atoms with Crippen molar-refractivity contribution in [1.82, 2.24) is 9.13 Å². The molecular formula is C132H87N5O3S. The predicted molar refractivity (Wildman–Crippen MR) is 594 cm³/mol. The minimum Gasteiger partial charge on any atom is -0.455 e. The van der Waals surface area contributed by atoms with E-state index in [9.17, 15) is 0 Å². The third kappa shape index (κ3) is 15.0. The fourth-order valence-corrected chi connectivity index (χ4v) is 22.1. The van der Waals surface area contributed by atoms with Gasteiger partial charge in [0.25, 0.3) is 0 Å². The van der Waals surface area contributed by atoms with E-state index in [4.69, 9.17) is 13.3 Å². The summed E-state index contributed by atoms with van der Waals surface area (Å²) in [6.45, 7) is 0. The SMILES string of the molecule is c1ccc(-c2ccc(N(c3ccccc3)c3ccc(-c4cc(-c5cccc6c5oc5ccccc56)c5sc6ccccc6c5c4)cc3)cc2)cc1.c1ccc(N(c2ccccc2)c2cc(-c3ccc4c(c3)c3ccccc3n4-c3ccccc3)c3oc4ccccc4c3c2)cc1.c1ccc(N(c2ccccc2)c2cc(-c3ccc4c5ccccc5n(-c5ccccc5)c4c3)c3oc4ccccc4c3c2)cc1. The number of nitrogens with zero attached hydrogens (tertiary/aromatic N) is 5. The smallest absolute Gasteiger partial charge is 0.143 e. The molecular weight excluding hydrogens is 1740 g/mol. The van der Waals surface area contributed by atoms with E-state index in [0.29, 0.717) is 0 Å². The van der Waals surface area contributed by atoms with Crippen LogP contribution < -0.4 is 14.7 Å². The molecule has 0 atom stereocenters. The van der Waals surface area contributed by atoms with Gasteiger partial charge >= 0.3 is 0 Å². The van der Waals surface area contributed by atoms with E-state index in [1.165, 1.54) is 86.1 Å². The average Bonchev–Trinajstić information content (AvgIpc) is 1.59. The van der Waals surface area contributed by atoms with Gasteiger partial charge < -0.3 is 37.1 Å². The highest BCUT2D eigenvalue weighted by atomic mass is 32.1. The highest BCUT2D eigenvalue weighted by Gasteiger charge is 2.27. The molecule has 28 rings (SSSR count). The van der Waals surface area contributed by atoms with Crippen LogP contribution in [0.4, 0.5) is 51.2 Å². The van der Waals surface area contributed by atoms with Gasteiger partial charge in [-0.1, -0.05) is 328 Å². The molecule has 22 aromatic carbocycles. The number of aromatic nitrogens is 2. The predicted octanol–water partition coefficient (Wildman–Crippen LogP) is 38.1. The molecule has 0 spiro atoms. The van der Waals surface area contributed by atoms with Crippen LogP contribution in [0.2, 0.25) is 0 Å². The Kier molecular flexibility index (Phi) is 21.0. The van der Waals surface area contributed by atoms with Gasteiger partial charge in [-0.25, -0.2) is 0 Å². The average molecular weight is 1820 g/mol. The van der Waals surface area contributed by atoms with Crippen LogP contribution in [0.5, 0.6) is 0 Å². The highest BCUT2D eigenvalue weighted by molar-refractivity contribution is 7.26. The fraction of sp³-hybridized carbons (Fsp3) is 0. The van der Waals surface area contributed by atoms with Gasteiger partial charge in [-0.05, 0) is 234 Å². The van der Waals surface area contributed by atoms with Gasteiger partial charge in [0.15, 0.2) is 0 Å². The molecule has 8 nitrogen and oxygen atoms in total. The Balaban J connectivity index is 0.000000109. The minimum atomic E-state index is 0.886. The monoisotopic (exact) mass is 1820 g/mol. The normalized spacial score (nSPS) is 11.5. The standard InChI is InChI=1S/C48H31NOS.2C42H28N2O/c1-3-12-32(13-4-1)33-22-26-37(27-23-33)49(36-14-5-2-6-15-36)38-28-24-34(25-29-38)35-30-43-40-17-8-10-21-46(40)51-48(43)44(31-35)42-19-11-18-41-39-16-7-9-20-45(39)50-47(41)42;1-4-14-30(15-5-1)43(31-16-6-2-7-17-31)33-27-37(42-38(28-33)36-21-11-13-23-41(36)45-42)29-24-25-35-34-20-10-12-22-39(34)44(40(35)26-29)32-18-8-3-9-19-32;1-4-14-30(15-5-1)43(31-16-6-2-7-17-31)33-27-36(42-38(28-33)35-21-11-13-23-41(35)45-42)29-24-25-40-37(26-29)34-20-10-12-22-39(34)44(40)32-18-8-3-9-19-32/h1-31H;2*1-28H. The number of benzene rings is 22. The molecule has 0 aliphatic carbocycles. The van der Waals surface area contributed by atoms with Gasteiger partial charge in [0.1, 0.15) is 33.5 Å². The van der Waals surface area contributed by atoms with Gasteiger partial charge in [0.2, 0.25) is 0 Å². The van der Waals surface area contributed by atoms with Crippen LogP contribution in [0.3, 0.4) is 0 Å². The van der Waals surface area contributed by atoms with Crippen molar-refractivity contribution in [2.24, 2.45) is 0 Å². The zero-order valence-electron chi connectivity index (χ0n) is 76.6. The van der Waals surface area contributed by atoms with Crippen molar-refractivity contribution in [3.63, 3.8) is 0 Å². The van der Waals surface area contributed by atoms with Crippen molar-refractivity contribution in [2.45, 2.75) is 0 Å². The number of fused-ring (bicyclic) bond motifs is 18. The van der Waals surface area contributed by atoms with Crippen molar-refractivity contribution < 1.29 is 13.3 Å². The Hall–Kier alpha value is -18.5. The lowest BCUT2D eigenvalue weighted by molar-refractivity contribution is 0.669. The van der Waals surface area contributed by atoms with Crippen LogP contribution in [0, 0.1) is 0 Å². The molecule has 6 heterocycles. The van der Waals surface area contributed by atoms with Crippen molar-refractivity contribution in [3.8, 4) is 67.0 Å². The van der Waals surface area contributed by atoms with Crippen LogP contribution in [-0.2, 0) is 0 Å². The molecule has 0 radical (unpaired) electrons. The van der Waals surface area contributed by atoms with Crippen molar-refractivity contribution in [3.05, 3.63) is 528 Å². The molecule has 0 saturated carbocycles. The maximum atomic E-state index is 6.64. The molecule has 0 aliphatic rings. The Morgan fingerprint density at radius 1 is 0.163 bits per heavy atom. The zero-order valence-corrected chi connectivity index (χ0v) is 77.4. The third-order valence-electron chi connectivity index (χ3n) is 27.4. The lowest BCUT2D eigenvalue weighted by atomic mass is 9.95. The fourth-order valence-electron chi connectivity index (χ4n) is 20.9. The largest absolute Gasteiger partial charge is 0.455 e. The number of thiophene rings is 1. The molecule has 9 heteroatoms. The summed E-state index contributed by atoms with van der Waals surface area (Å²) in [7, 11) is 0. The summed E-state index contributed by atoms with van der Waals surface area (Å²) < 4.78 is 27.1. The number of rotatable bonds is 16. The summed E-state index contributed by atoms with van der Waals surface area (Å²) in [5, 5.41) is 14.2. The van der Waals surface area contributed by atoms with Gasteiger partial charge in [-0.3, -0.25) is 0 Å². The molecule has 0 unspecified atom stereocenters. The quantitative estimate of drug-likeness (QED) is 0.0961. The first-order chi connectivity index (χ1) is 69.9. The van der Waals surface area contributed by atoms with E-state index in [1.54, 1.807) is 0 Å². The maximum Gasteiger partial charge on any atom is 0.143 e. The molecule has 141 heavy (non-hydrogen) atoms. The molecule has 664 valence electrons. The lowest BCUT2D eigenvalue weighted by Crippen LogP contribution is -2.09. The van der Waals surface area contributed by atoms with E-state index in [-0.39, 0.29) is 0 Å². The maximum absolute atomic E-state index is 6.64. The summed E-state index contributed by atoms with van der Waals surface area (Å²) in [4.78, 5) is 6.97. The van der Waals surface area contributed by atoms with E-state index in [0.717, 1.165) is 162 Å². The molecule has 0 saturated heterocycles. The van der Waals surface area contributed by atoms with Crippen LogP contribution in [0.1, 0.15) is 0 Å². The number of furan rings is 3. The third-order valence-corrected chi connectivity index (χ3v) is 28.6. The molecule has 0 fully saturated rings. The van der Waals surface area contributed by atoms with Crippen LogP contribution >= 0.6 is 11.3 Å². The molecule has 6 aromatic heterocycles. The van der Waals surface area contributed by atoms with Crippen molar-refractivity contribution in [1.29, 1.82) is 0 Å². The van der Waals surface area contributed by atoms with E-state index < -0.39 is 0 Å². The van der Waals surface area contributed by atoms with E-state index in [1.807, 2.05) is 29.5 Å². The Morgan fingerprint density at radius 3 is 0.979 bits per heavy atom. The number of hydrogen-bond donors (Lipinski definition) is 0. The lowest BCUT2D eigenvalue weighted by Gasteiger charge is -2.26. The number of para-hydroxylation sites is 13. The topological polar surface area (TPSA) is 59.0 Å². The van der Waals surface area contributed by atoms with Gasteiger partial charge in [-0.2, -0.15) is 0 Å². The molecule has 28 aromatic rings. The molecule has 0 amide bonds. The second-order valence-electron chi connectivity index (χ2n) is 35.7. The Morgan fingerprint density at radius 2 is 0.489 bits per heavy atom. The molecule has 0 bridgehead atoms. The first-order valence-corrected chi connectivity index (χ1v) is 48.6. The summed E-state index contributed by atoms with van der Waals surface area (Å²) in [5.41, 5.74) is 33.7. The Labute approximate surface area is 818 Å². The summed E-state index contributed by atoms with van der Waals surface area (Å²) in [5.74, 6) is 0. The van der Waals surface area contributed by atoms with Gasteiger partial charge in [0.05, 0.1) is 22.1 Å². The summed E-state index contributed by atoms with van der Waals surface area (Å²) in [6.07, 6.45) is 0. The number of anilines is 9.